The number of carbonyl (C=O) groups is 2. The summed E-state index contributed by atoms with van der Waals surface area (Å²) in [7, 11) is 0. The summed E-state index contributed by atoms with van der Waals surface area (Å²) in [6.45, 7) is 3.74. The average molecular weight is 423 g/mol. The van der Waals surface area contributed by atoms with Crippen LogP contribution in [0.2, 0.25) is 0 Å². The molecule has 1 aromatic carbocycles. The number of unbranched alkanes of at least 4 members (excludes halogenated alkanes) is 5. The molecule has 2 N–H and O–H groups in total. The summed E-state index contributed by atoms with van der Waals surface area (Å²) < 4.78 is 13.5. The lowest BCUT2D eigenvalue weighted by Gasteiger charge is -2.33. The van der Waals surface area contributed by atoms with Crippen LogP contribution >= 0.6 is 0 Å². The van der Waals surface area contributed by atoms with Crippen molar-refractivity contribution in [2.75, 3.05) is 0 Å². The van der Waals surface area contributed by atoms with Gasteiger partial charge in [-0.25, -0.2) is 4.39 Å². The number of carboxylic acid groups (broad SMARTS) is 1. The van der Waals surface area contributed by atoms with Gasteiger partial charge in [0, 0.05) is 6.42 Å². The van der Waals surface area contributed by atoms with E-state index in [9.17, 15) is 19.1 Å². The van der Waals surface area contributed by atoms with Crippen molar-refractivity contribution in [3.05, 3.63) is 35.6 Å². The van der Waals surface area contributed by atoms with Gasteiger partial charge in [-0.1, -0.05) is 57.6 Å². The van der Waals surface area contributed by atoms with Gasteiger partial charge in [-0.15, -0.1) is 0 Å². The molecule has 5 heteroatoms. The number of benzene rings is 1. The number of hydrogen-bond donors (Lipinski definition) is 2. The fraction of sp³-hybridized carbons (Fsp3) is 0.680. The lowest BCUT2D eigenvalue weighted by molar-refractivity contribution is -0.137. The molecule has 1 rings (SSSR count). The minimum atomic E-state index is -0.781. The van der Waals surface area contributed by atoms with Gasteiger partial charge in [0.05, 0.1) is 11.5 Å². The first-order chi connectivity index (χ1) is 14.3. The minimum absolute atomic E-state index is 0.0696. The number of halogens is 1. The van der Waals surface area contributed by atoms with Crippen LogP contribution in [0.5, 0.6) is 0 Å². The van der Waals surface area contributed by atoms with Gasteiger partial charge in [0.15, 0.2) is 0 Å². The summed E-state index contributed by atoms with van der Waals surface area (Å²) >= 11 is 0. The molecular weight excluding hydrogens is 383 g/mol. The molecule has 2 atom stereocenters. The van der Waals surface area contributed by atoms with E-state index in [-0.39, 0.29) is 24.1 Å². The Morgan fingerprint density at radius 1 is 0.933 bits per heavy atom. The van der Waals surface area contributed by atoms with Crippen LogP contribution in [-0.2, 0) is 15.0 Å². The Kier molecular flexibility index (Phi) is 12.5. The third kappa shape index (κ3) is 9.38. The predicted octanol–water partition coefficient (Wildman–Crippen LogP) is 6.19. The Hall–Kier alpha value is -1.75. The maximum absolute atomic E-state index is 13.5. The van der Waals surface area contributed by atoms with E-state index in [4.69, 9.17) is 5.11 Å². The zero-order valence-corrected chi connectivity index (χ0v) is 18.7. The van der Waals surface area contributed by atoms with Gasteiger partial charge in [0.2, 0.25) is 0 Å². The Labute approximate surface area is 180 Å². The first kappa shape index (κ1) is 26.3. The highest BCUT2D eigenvalue weighted by molar-refractivity contribution is 5.88. The maximum atomic E-state index is 13.5. The maximum Gasteiger partial charge on any atom is 0.303 e. The van der Waals surface area contributed by atoms with Crippen LogP contribution in [0.1, 0.15) is 103 Å². The lowest BCUT2D eigenvalue weighted by Crippen LogP contribution is -2.34. The lowest BCUT2D eigenvalue weighted by atomic mass is 9.70. The highest BCUT2D eigenvalue weighted by atomic mass is 19.1. The average Bonchev–Trinajstić information content (AvgIpc) is 2.69. The van der Waals surface area contributed by atoms with Crippen molar-refractivity contribution in [1.29, 1.82) is 0 Å². The number of aliphatic hydroxyl groups excluding tert-OH is 1. The summed E-state index contributed by atoms with van der Waals surface area (Å²) in [5.41, 5.74) is 0.159. The summed E-state index contributed by atoms with van der Waals surface area (Å²) in [5.74, 6) is -1.03. The molecule has 30 heavy (non-hydrogen) atoms. The third-order valence-corrected chi connectivity index (χ3v) is 6.10. The number of aliphatic carboxylic acids is 1. The second-order valence-corrected chi connectivity index (χ2v) is 8.49. The number of hydrogen-bond acceptors (Lipinski definition) is 3. The van der Waals surface area contributed by atoms with Crippen molar-refractivity contribution in [1.82, 2.24) is 0 Å². The molecule has 0 fully saturated rings. The zero-order valence-electron chi connectivity index (χ0n) is 18.7. The Morgan fingerprint density at radius 2 is 1.53 bits per heavy atom. The Bertz CT molecular complexity index is 629. The molecule has 4 nitrogen and oxygen atoms in total. The van der Waals surface area contributed by atoms with Gasteiger partial charge in [-0.3, -0.25) is 9.59 Å². The molecule has 0 bridgehead atoms. The summed E-state index contributed by atoms with van der Waals surface area (Å²) in [6.07, 6.45) is 9.72. The highest BCUT2D eigenvalue weighted by Gasteiger charge is 2.36. The highest BCUT2D eigenvalue weighted by Crippen LogP contribution is 2.37. The van der Waals surface area contributed by atoms with Crippen molar-refractivity contribution in [2.45, 2.75) is 109 Å². The number of carboxylic acids is 1. The molecule has 0 amide bonds. The largest absolute Gasteiger partial charge is 0.481 e. The summed E-state index contributed by atoms with van der Waals surface area (Å²) in [4.78, 5) is 23.5. The predicted molar refractivity (Wildman–Crippen MR) is 118 cm³/mol. The van der Waals surface area contributed by atoms with Crippen LogP contribution in [0.3, 0.4) is 0 Å². The first-order valence-electron chi connectivity index (χ1n) is 11.5. The van der Waals surface area contributed by atoms with Crippen LogP contribution in [0.4, 0.5) is 4.39 Å². The summed E-state index contributed by atoms with van der Waals surface area (Å²) in [5, 5.41) is 19.0. The molecule has 0 aliphatic carbocycles. The molecule has 0 heterocycles. The SMILES string of the molecule is CCCCCC(O)CCCC(CCCCCCC(=O)O)(C(C)=O)c1ccc(F)cc1. The van der Waals surface area contributed by atoms with Crippen molar-refractivity contribution in [3.8, 4) is 0 Å². The molecule has 0 aromatic heterocycles. The van der Waals surface area contributed by atoms with Crippen molar-refractivity contribution in [2.24, 2.45) is 0 Å². The quantitative estimate of drug-likeness (QED) is 0.294. The van der Waals surface area contributed by atoms with Crippen molar-refractivity contribution < 1.29 is 24.2 Å². The van der Waals surface area contributed by atoms with Gasteiger partial charge in [0.25, 0.3) is 0 Å². The van der Waals surface area contributed by atoms with Crippen LogP contribution in [0.25, 0.3) is 0 Å². The molecule has 0 aliphatic rings. The van der Waals surface area contributed by atoms with Crippen LogP contribution in [-0.4, -0.2) is 28.1 Å². The monoisotopic (exact) mass is 422 g/mol. The van der Waals surface area contributed by atoms with E-state index >= 15 is 0 Å². The van der Waals surface area contributed by atoms with Gasteiger partial charge >= 0.3 is 5.97 Å². The number of aliphatic hydroxyl groups is 1. The smallest absolute Gasteiger partial charge is 0.303 e. The van der Waals surface area contributed by atoms with E-state index in [2.05, 4.69) is 6.92 Å². The van der Waals surface area contributed by atoms with Crippen LogP contribution in [0, 0.1) is 5.82 Å². The van der Waals surface area contributed by atoms with Crippen molar-refractivity contribution in [3.63, 3.8) is 0 Å². The van der Waals surface area contributed by atoms with Crippen molar-refractivity contribution >= 4 is 11.8 Å². The van der Waals surface area contributed by atoms with Gasteiger partial charge in [0.1, 0.15) is 11.6 Å². The molecule has 0 aliphatic heterocycles. The van der Waals surface area contributed by atoms with E-state index in [0.717, 1.165) is 56.9 Å². The Balaban J connectivity index is 2.77. The van der Waals surface area contributed by atoms with E-state index in [1.165, 1.54) is 12.1 Å². The molecular formula is C25H39FO4. The number of Topliss-reactive ketones (excluding diaryl/α,β-unsaturated/α-hetero) is 1. The van der Waals surface area contributed by atoms with Gasteiger partial charge in [-0.05, 0) is 63.1 Å². The first-order valence-corrected chi connectivity index (χ1v) is 11.5. The minimum Gasteiger partial charge on any atom is -0.481 e. The van der Waals surface area contributed by atoms with E-state index < -0.39 is 11.4 Å². The molecule has 0 saturated carbocycles. The molecule has 0 radical (unpaired) electrons. The van der Waals surface area contributed by atoms with E-state index in [1.54, 1.807) is 19.1 Å². The third-order valence-electron chi connectivity index (χ3n) is 6.10. The van der Waals surface area contributed by atoms with Gasteiger partial charge in [-0.2, -0.15) is 0 Å². The molecule has 0 spiro atoms. The summed E-state index contributed by atoms with van der Waals surface area (Å²) in [6, 6.07) is 6.22. The zero-order chi connectivity index (χ0) is 22.4. The number of rotatable bonds is 17. The van der Waals surface area contributed by atoms with Gasteiger partial charge < -0.3 is 10.2 Å². The molecule has 1 aromatic rings. The number of carbonyl (C=O) groups excluding carboxylic acids is 1. The molecule has 2 unspecified atom stereocenters. The number of ketones is 1. The second kappa shape index (κ2) is 14.3. The van der Waals surface area contributed by atoms with E-state index in [1.807, 2.05) is 0 Å². The second-order valence-electron chi connectivity index (χ2n) is 8.49. The Morgan fingerprint density at radius 3 is 2.13 bits per heavy atom. The van der Waals surface area contributed by atoms with Crippen LogP contribution in [0.15, 0.2) is 24.3 Å². The fourth-order valence-corrected chi connectivity index (χ4v) is 4.21. The van der Waals surface area contributed by atoms with Crippen LogP contribution < -0.4 is 0 Å². The molecule has 0 saturated heterocycles. The van der Waals surface area contributed by atoms with E-state index in [0.29, 0.717) is 25.7 Å². The fourth-order valence-electron chi connectivity index (χ4n) is 4.21. The topological polar surface area (TPSA) is 74.6 Å². The molecule has 170 valence electrons. The normalized spacial score (nSPS) is 14.3. The standard InChI is InChI=1S/C25H39FO4/c1-3-4-7-11-23(28)12-10-19-25(20(2)27,21-14-16-22(26)17-15-21)18-9-6-5-8-13-24(29)30/h14-17,23,28H,3-13,18-19H2,1-2H3,(H,29,30).